The zero-order valence-electron chi connectivity index (χ0n) is 9.15. The Kier molecular flexibility index (Phi) is 4.91. The van der Waals surface area contributed by atoms with Crippen LogP contribution < -0.4 is 4.74 Å². The van der Waals surface area contributed by atoms with Gasteiger partial charge in [-0.05, 0) is 25.8 Å². The van der Waals surface area contributed by atoms with Crippen LogP contribution in [0.5, 0.6) is 5.75 Å². The van der Waals surface area contributed by atoms with Crippen LogP contribution in [-0.2, 0) is 0 Å². The van der Waals surface area contributed by atoms with Crippen molar-refractivity contribution in [1.29, 1.82) is 0 Å². The van der Waals surface area contributed by atoms with Crippen molar-refractivity contribution in [3.63, 3.8) is 0 Å². The first kappa shape index (κ1) is 11.8. The van der Waals surface area contributed by atoms with E-state index in [2.05, 4.69) is 6.58 Å². The minimum absolute atomic E-state index is 0.486. The average molecular weight is 206 g/mol. The third-order valence-electron chi connectivity index (χ3n) is 2.18. The normalized spacial score (nSPS) is 12.1. The molecule has 1 rings (SSSR count). The SMILES string of the molecule is C=CCCCOc1ccccc1[C@H](C)O. The minimum Gasteiger partial charge on any atom is -0.493 e. The number of unbranched alkanes of at least 4 members (excludes halogenated alkanes) is 1. The van der Waals surface area contributed by atoms with Crippen LogP contribution in [0.15, 0.2) is 36.9 Å². The lowest BCUT2D eigenvalue weighted by Crippen LogP contribution is -2.01. The summed E-state index contributed by atoms with van der Waals surface area (Å²) in [5, 5.41) is 9.51. The molecule has 1 atom stereocenters. The first-order valence-electron chi connectivity index (χ1n) is 5.26. The van der Waals surface area contributed by atoms with Crippen molar-refractivity contribution in [3.05, 3.63) is 42.5 Å². The third kappa shape index (κ3) is 3.76. The lowest BCUT2D eigenvalue weighted by Gasteiger charge is -2.12. The van der Waals surface area contributed by atoms with E-state index in [0.29, 0.717) is 6.61 Å². The molecule has 0 heterocycles. The highest BCUT2D eigenvalue weighted by Gasteiger charge is 2.07. The van der Waals surface area contributed by atoms with Gasteiger partial charge in [0.2, 0.25) is 0 Å². The Labute approximate surface area is 91.2 Å². The number of rotatable bonds is 6. The van der Waals surface area contributed by atoms with E-state index in [1.807, 2.05) is 30.3 Å². The standard InChI is InChI=1S/C13H18O2/c1-3-4-7-10-15-13-9-6-5-8-12(13)11(2)14/h3,5-6,8-9,11,14H,1,4,7,10H2,2H3/t11-/m0/s1. The van der Waals surface area contributed by atoms with Crippen LogP contribution in [0.2, 0.25) is 0 Å². The molecule has 82 valence electrons. The molecule has 0 aromatic heterocycles. The maximum Gasteiger partial charge on any atom is 0.125 e. The van der Waals surface area contributed by atoms with Gasteiger partial charge in [0, 0.05) is 5.56 Å². The Morgan fingerprint density at radius 2 is 2.20 bits per heavy atom. The highest BCUT2D eigenvalue weighted by molar-refractivity contribution is 5.34. The van der Waals surface area contributed by atoms with E-state index in [1.54, 1.807) is 6.92 Å². The largest absolute Gasteiger partial charge is 0.493 e. The van der Waals surface area contributed by atoms with Crippen LogP contribution in [0.1, 0.15) is 31.4 Å². The van der Waals surface area contributed by atoms with E-state index < -0.39 is 6.10 Å². The Morgan fingerprint density at radius 1 is 1.47 bits per heavy atom. The molecule has 0 aliphatic carbocycles. The highest BCUT2D eigenvalue weighted by atomic mass is 16.5. The molecule has 1 aromatic carbocycles. The molecular weight excluding hydrogens is 188 g/mol. The predicted octanol–water partition coefficient (Wildman–Crippen LogP) is 3.08. The van der Waals surface area contributed by atoms with Gasteiger partial charge in [-0.15, -0.1) is 6.58 Å². The van der Waals surface area contributed by atoms with Crippen LogP contribution in [0.4, 0.5) is 0 Å². The molecule has 2 heteroatoms. The number of hydrogen-bond acceptors (Lipinski definition) is 2. The first-order valence-corrected chi connectivity index (χ1v) is 5.26. The van der Waals surface area contributed by atoms with Crippen LogP contribution in [0.3, 0.4) is 0 Å². The number of allylic oxidation sites excluding steroid dienone is 1. The maximum atomic E-state index is 9.51. The number of para-hydroxylation sites is 1. The number of aliphatic hydroxyl groups is 1. The summed E-state index contributed by atoms with van der Waals surface area (Å²) in [6, 6.07) is 7.58. The van der Waals surface area contributed by atoms with Gasteiger partial charge >= 0.3 is 0 Å². The molecule has 0 amide bonds. The molecule has 0 aliphatic heterocycles. The fourth-order valence-corrected chi connectivity index (χ4v) is 1.37. The van der Waals surface area contributed by atoms with E-state index >= 15 is 0 Å². The molecule has 0 spiro atoms. The topological polar surface area (TPSA) is 29.5 Å². The second kappa shape index (κ2) is 6.25. The van der Waals surface area contributed by atoms with E-state index in [4.69, 9.17) is 4.74 Å². The van der Waals surface area contributed by atoms with Gasteiger partial charge in [0.1, 0.15) is 5.75 Å². The quantitative estimate of drug-likeness (QED) is 0.572. The molecule has 0 radical (unpaired) electrons. The molecule has 15 heavy (non-hydrogen) atoms. The number of aliphatic hydroxyl groups excluding tert-OH is 1. The molecule has 0 fully saturated rings. The molecule has 1 N–H and O–H groups in total. The van der Waals surface area contributed by atoms with Crippen molar-refractivity contribution in [2.24, 2.45) is 0 Å². The molecule has 0 bridgehead atoms. The van der Waals surface area contributed by atoms with Crippen molar-refractivity contribution >= 4 is 0 Å². The first-order chi connectivity index (χ1) is 7.25. The zero-order valence-corrected chi connectivity index (χ0v) is 9.15. The molecule has 0 unspecified atom stereocenters. The number of hydrogen-bond donors (Lipinski definition) is 1. The fraction of sp³-hybridized carbons (Fsp3) is 0.385. The van der Waals surface area contributed by atoms with E-state index in [0.717, 1.165) is 24.2 Å². The second-order valence-corrected chi connectivity index (χ2v) is 3.49. The summed E-state index contributed by atoms with van der Waals surface area (Å²) < 4.78 is 5.59. The van der Waals surface area contributed by atoms with Crippen LogP contribution >= 0.6 is 0 Å². The summed E-state index contributed by atoms with van der Waals surface area (Å²) in [6.45, 7) is 6.06. The zero-order chi connectivity index (χ0) is 11.1. The molecule has 2 nitrogen and oxygen atoms in total. The number of benzene rings is 1. The van der Waals surface area contributed by atoms with Crippen molar-refractivity contribution in [2.45, 2.75) is 25.9 Å². The Morgan fingerprint density at radius 3 is 2.87 bits per heavy atom. The molecule has 0 saturated heterocycles. The lowest BCUT2D eigenvalue weighted by molar-refractivity contribution is 0.191. The maximum absolute atomic E-state index is 9.51. The molecule has 0 aliphatic rings. The van der Waals surface area contributed by atoms with Crippen LogP contribution in [0, 0.1) is 0 Å². The Balaban J connectivity index is 2.55. The summed E-state index contributed by atoms with van der Waals surface area (Å²) in [5.41, 5.74) is 0.844. The van der Waals surface area contributed by atoms with Gasteiger partial charge in [0.15, 0.2) is 0 Å². The molecular formula is C13H18O2. The van der Waals surface area contributed by atoms with Gasteiger partial charge in [-0.2, -0.15) is 0 Å². The lowest BCUT2D eigenvalue weighted by atomic mass is 10.1. The van der Waals surface area contributed by atoms with Crippen molar-refractivity contribution < 1.29 is 9.84 Å². The van der Waals surface area contributed by atoms with Crippen molar-refractivity contribution in [2.75, 3.05) is 6.61 Å². The van der Waals surface area contributed by atoms with Crippen molar-refractivity contribution in [3.8, 4) is 5.75 Å². The van der Waals surface area contributed by atoms with E-state index in [-0.39, 0.29) is 0 Å². The van der Waals surface area contributed by atoms with E-state index in [9.17, 15) is 5.11 Å². The van der Waals surface area contributed by atoms with Gasteiger partial charge in [0.25, 0.3) is 0 Å². The Bertz CT molecular complexity index is 305. The van der Waals surface area contributed by atoms with Gasteiger partial charge in [0.05, 0.1) is 12.7 Å². The summed E-state index contributed by atoms with van der Waals surface area (Å²) in [4.78, 5) is 0. The van der Waals surface area contributed by atoms with Crippen LogP contribution in [0.25, 0.3) is 0 Å². The monoisotopic (exact) mass is 206 g/mol. The van der Waals surface area contributed by atoms with Crippen LogP contribution in [-0.4, -0.2) is 11.7 Å². The summed E-state index contributed by atoms with van der Waals surface area (Å²) in [7, 11) is 0. The van der Waals surface area contributed by atoms with Gasteiger partial charge < -0.3 is 9.84 Å². The summed E-state index contributed by atoms with van der Waals surface area (Å²) in [5.74, 6) is 0.775. The molecule has 0 saturated carbocycles. The number of ether oxygens (including phenoxy) is 1. The van der Waals surface area contributed by atoms with Gasteiger partial charge in [-0.25, -0.2) is 0 Å². The van der Waals surface area contributed by atoms with Crippen molar-refractivity contribution in [1.82, 2.24) is 0 Å². The summed E-state index contributed by atoms with van der Waals surface area (Å²) >= 11 is 0. The highest BCUT2D eigenvalue weighted by Crippen LogP contribution is 2.24. The third-order valence-corrected chi connectivity index (χ3v) is 2.18. The average Bonchev–Trinajstić information content (AvgIpc) is 2.25. The van der Waals surface area contributed by atoms with Gasteiger partial charge in [-0.1, -0.05) is 24.3 Å². The second-order valence-electron chi connectivity index (χ2n) is 3.49. The van der Waals surface area contributed by atoms with E-state index in [1.165, 1.54) is 0 Å². The predicted molar refractivity (Wildman–Crippen MR) is 62.0 cm³/mol. The smallest absolute Gasteiger partial charge is 0.125 e. The minimum atomic E-state index is -0.486. The fourth-order valence-electron chi connectivity index (χ4n) is 1.37. The van der Waals surface area contributed by atoms with Gasteiger partial charge in [-0.3, -0.25) is 0 Å². The Hall–Kier alpha value is -1.28. The molecule has 1 aromatic rings. The summed E-state index contributed by atoms with van der Waals surface area (Å²) in [6.07, 6.45) is 3.30.